The number of rotatable bonds is 8. The van der Waals surface area contributed by atoms with E-state index in [-0.39, 0.29) is 5.91 Å². The van der Waals surface area contributed by atoms with Gasteiger partial charge in [0.15, 0.2) is 5.16 Å². The highest BCUT2D eigenvalue weighted by molar-refractivity contribution is 7.99. The van der Waals surface area contributed by atoms with Crippen LogP contribution in [0.15, 0.2) is 66.1 Å². The fraction of sp³-hybridized carbons (Fsp3) is 0.238. The predicted molar refractivity (Wildman–Crippen MR) is 110 cm³/mol. The molecular weight excluding hydrogens is 374 g/mol. The predicted octanol–water partition coefficient (Wildman–Crippen LogP) is 3.64. The molecule has 0 bridgehead atoms. The first-order valence-electron chi connectivity index (χ1n) is 8.78. The minimum absolute atomic E-state index is 0.0352. The number of methoxy groups -OCH3 is 2. The monoisotopic (exact) mass is 397 g/mol. The van der Waals surface area contributed by atoms with Crippen LogP contribution < -0.4 is 9.47 Å². The topological polar surface area (TPSA) is 56.6 Å². The third kappa shape index (κ3) is 4.86. The van der Waals surface area contributed by atoms with E-state index in [9.17, 15) is 4.79 Å². The summed E-state index contributed by atoms with van der Waals surface area (Å²) in [6.45, 7) is 0.529. The average Bonchev–Trinajstić information content (AvgIpc) is 3.20. The summed E-state index contributed by atoms with van der Waals surface area (Å²) in [5.74, 6) is 1.90. The van der Waals surface area contributed by atoms with Gasteiger partial charge >= 0.3 is 0 Å². The van der Waals surface area contributed by atoms with Crippen LogP contribution in [0.25, 0.3) is 5.69 Å². The van der Waals surface area contributed by atoms with Crippen LogP contribution in [0.3, 0.4) is 0 Å². The van der Waals surface area contributed by atoms with Gasteiger partial charge in [0, 0.05) is 32.1 Å². The van der Waals surface area contributed by atoms with Crippen molar-refractivity contribution in [3.8, 4) is 17.2 Å². The Labute approximate surface area is 169 Å². The number of ether oxygens (including phenoxy) is 2. The minimum Gasteiger partial charge on any atom is -0.497 e. The lowest BCUT2D eigenvalue weighted by molar-refractivity contribution is -0.127. The van der Waals surface area contributed by atoms with Gasteiger partial charge < -0.3 is 14.4 Å². The van der Waals surface area contributed by atoms with Gasteiger partial charge in [-0.1, -0.05) is 30.0 Å². The van der Waals surface area contributed by atoms with E-state index < -0.39 is 0 Å². The maximum Gasteiger partial charge on any atom is 0.233 e. The second-order valence-electron chi connectivity index (χ2n) is 6.17. The van der Waals surface area contributed by atoms with Crippen molar-refractivity contribution in [2.45, 2.75) is 11.7 Å². The van der Waals surface area contributed by atoms with Gasteiger partial charge in [0.05, 0.1) is 25.7 Å². The lowest BCUT2D eigenvalue weighted by atomic mass is 10.2. The third-order valence-corrected chi connectivity index (χ3v) is 5.19. The van der Waals surface area contributed by atoms with E-state index in [2.05, 4.69) is 4.98 Å². The third-order valence-electron chi connectivity index (χ3n) is 4.24. The van der Waals surface area contributed by atoms with Crippen molar-refractivity contribution in [1.82, 2.24) is 14.5 Å². The largest absolute Gasteiger partial charge is 0.497 e. The molecule has 0 fully saturated rings. The number of amides is 1. The average molecular weight is 398 g/mol. The number of hydrogen-bond donors (Lipinski definition) is 0. The zero-order valence-corrected chi connectivity index (χ0v) is 17.0. The molecule has 146 valence electrons. The van der Waals surface area contributed by atoms with Gasteiger partial charge in [-0.2, -0.15) is 0 Å². The number of hydrogen-bond acceptors (Lipinski definition) is 5. The molecule has 1 aromatic heterocycles. The summed E-state index contributed by atoms with van der Waals surface area (Å²) < 4.78 is 12.5. The Morgan fingerprint density at radius 3 is 2.57 bits per heavy atom. The number of benzene rings is 2. The van der Waals surface area contributed by atoms with Crippen LogP contribution in [-0.4, -0.2) is 47.4 Å². The first-order valence-corrected chi connectivity index (χ1v) is 9.76. The Kier molecular flexibility index (Phi) is 6.60. The zero-order valence-electron chi connectivity index (χ0n) is 16.2. The van der Waals surface area contributed by atoms with Crippen LogP contribution in [-0.2, 0) is 11.3 Å². The number of thioether (sulfide) groups is 1. The summed E-state index contributed by atoms with van der Waals surface area (Å²) in [5.41, 5.74) is 1.97. The molecule has 0 spiro atoms. The van der Waals surface area contributed by atoms with Crippen molar-refractivity contribution >= 4 is 17.7 Å². The van der Waals surface area contributed by atoms with Crippen molar-refractivity contribution in [2.24, 2.45) is 0 Å². The van der Waals surface area contributed by atoms with Crippen molar-refractivity contribution in [3.63, 3.8) is 0 Å². The van der Waals surface area contributed by atoms with Crippen LogP contribution in [0.5, 0.6) is 11.5 Å². The maximum absolute atomic E-state index is 12.6. The number of nitrogens with zero attached hydrogens (tertiary/aromatic N) is 3. The van der Waals surface area contributed by atoms with Crippen LogP contribution in [0, 0.1) is 0 Å². The Hall–Kier alpha value is -2.93. The van der Waals surface area contributed by atoms with Crippen molar-refractivity contribution in [2.75, 3.05) is 27.0 Å². The first-order chi connectivity index (χ1) is 13.6. The number of imidazole rings is 1. The Morgan fingerprint density at radius 2 is 1.82 bits per heavy atom. The highest BCUT2D eigenvalue weighted by atomic mass is 32.2. The number of carbonyl (C=O) groups excluding carboxylic acids is 1. The van der Waals surface area contributed by atoms with Gasteiger partial charge in [0.2, 0.25) is 5.91 Å². The molecule has 0 aliphatic rings. The van der Waals surface area contributed by atoms with Gasteiger partial charge in [-0.05, 0) is 29.8 Å². The highest BCUT2D eigenvalue weighted by Gasteiger charge is 2.13. The molecule has 0 atom stereocenters. The fourth-order valence-electron chi connectivity index (χ4n) is 2.72. The molecule has 2 aromatic carbocycles. The van der Waals surface area contributed by atoms with E-state index in [0.29, 0.717) is 12.3 Å². The van der Waals surface area contributed by atoms with E-state index in [0.717, 1.165) is 27.9 Å². The summed E-state index contributed by atoms with van der Waals surface area (Å²) in [5, 5.41) is 0.761. The zero-order chi connectivity index (χ0) is 19.9. The standard InChI is InChI=1S/C21H23N3O3S/c1-23(14-16-6-4-8-18(12-16)26-2)20(25)15-28-21-22-10-11-24(21)17-7-5-9-19(13-17)27-3/h4-13H,14-15H2,1-3H3. The smallest absolute Gasteiger partial charge is 0.233 e. The summed E-state index contributed by atoms with van der Waals surface area (Å²) in [4.78, 5) is 18.7. The van der Waals surface area contributed by atoms with Crippen LogP contribution in [0.2, 0.25) is 0 Å². The molecule has 7 heteroatoms. The molecule has 0 unspecified atom stereocenters. The van der Waals surface area contributed by atoms with E-state index >= 15 is 0 Å². The SMILES string of the molecule is COc1cccc(CN(C)C(=O)CSc2nccn2-c2cccc(OC)c2)c1. The van der Waals surface area contributed by atoms with Crippen LogP contribution >= 0.6 is 11.8 Å². The molecule has 3 rings (SSSR count). The summed E-state index contributed by atoms with van der Waals surface area (Å²) in [6.07, 6.45) is 3.60. The van der Waals surface area contributed by atoms with E-state index in [4.69, 9.17) is 9.47 Å². The van der Waals surface area contributed by atoms with Crippen LogP contribution in [0.1, 0.15) is 5.56 Å². The Balaban J connectivity index is 1.62. The highest BCUT2D eigenvalue weighted by Crippen LogP contribution is 2.23. The van der Waals surface area contributed by atoms with E-state index in [1.165, 1.54) is 11.8 Å². The quantitative estimate of drug-likeness (QED) is 0.543. The maximum atomic E-state index is 12.6. The number of carbonyl (C=O) groups is 1. The van der Waals surface area contributed by atoms with Gasteiger partial charge in [-0.3, -0.25) is 9.36 Å². The summed E-state index contributed by atoms with van der Waals surface area (Å²) in [7, 11) is 5.07. The molecule has 0 radical (unpaired) electrons. The van der Waals surface area contributed by atoms with E-state index in [1.807, 2.05) is 59.3 Å². The van der Waals surface area contributed by atoms with Gasteiger partial charge in [-0.25, -0.2) is 4.98 Å². The second-order valence-corrected chi connectivity index (χ2v) is 7.11. The molecule has 1 amide bonds. The van der Waals surface area contributed by atoms with Crippen molar-refractivity contribution < 1.29 is 14.3 Å². The summed E-state index contributed by atoms with van der Waals surface area (Å²) >= 11 is 1.41. The minimum atomic E-state index is 0.0352. The number of aromatic nitrogens is 2. The van der Waals surface area contributed by atoms with Crippen molar-refractivity contribution in [1.29, 1.82) is 0 Å². The van der Waals surface area contributed by atoms with Gasteiger partial charge in [-0.15, -0.1) is 0 Å². The molecule has 3 aromatic rings. The van der Waals surface area contributed by atoms with Crippen LogP contribution in [0.4, 0.5) is 0 Å². The van der Waals surface area contributed by atoms with Gasteiger partial charge in [0.25, 0.3) is 0 Å². The molecular formula is C21H23N3O3S. The summed E-state index contributed by atoms with van der Waals surface area (Å²) in [6, 6.07) is 15.5. The fourth-order valence-corrected chi connectivity index (χ4v) is 3.64. The molecule has 0 aliphatic heterocycles. The van der Waals surface area contributed by atoms with E-state index in [1.54, 1.807) is 32.4 Å². The van der Waals surface area contributed by atoms with Gasteiger partial charge in [0.1, 0.15) is 11.5 Å². The Bertz CT molecular complexity index is 942. The molecule has 0 saturated carbocycles. The second kappa shape index (κ2) is 9.32. The molecule has 0 saturated heterocycles. The molecule has 6 nitrogen and oxygen atoms in total. The normalized spacial score (nSPS) is 10.5. The van der Waals surface area contributed by atoms with Crippen molar-refractivity contribution in [3.05, 3.63) is 66.5 Å². The molecule has 1 heterocycles. The lowest BCUT2D eigenvalue weighted by Crippen LogP contribution is -2.27. The first kappa shape index (κ1) is 19.8. The molecule has 0 aliphatic carbocycles. The molecule has 28 heavy (non-hydrogen) atoms. The molecule has 0 N–H and O–H groups in total. The lowest BCUT2D eigenvalue weighted by Gasteiger charge is -2.17. The Morgan fingerprint density at radius 1 is 1.11 bits per heavy atom.